The second-order valence-electron chi connectivity index (χ2n) is 6.41. The minimum absolute atomic E-state index is 0.273. The molecule has 4 rings (SSSR count). The molecule has 0 fully saturated rings. The van der Waals surface area contributed by atoms with Gasteiger partial charge in [0.1, 0.15) is 39.5 Å². The van der Waals surface area contributed by atoms with Crippen LogP contribution in [0.3, 0.4) is 0 Å². The summed E-state index contributed by atoms with van der Waals surface area (Å²) in [5, 5.41) is 18.9. The number of thioether (sulfide) groups is 1. The lowest BCUT2D eigenvalue weighted by molar-refractivity contribution is -0.115. The third-order valence-electron chi connectivity index (χ3n) is 4.45. The number of thiophene rings is 1. The van der Waals surface area contributed by atoms with E-state index in [1.54, 1.807) is 26.1 Å². The van der Waals surface area contributed by atoms with Crippen LogP contribution >= 0.6 is 23.1 Å². The molecule has 0 saturated carbocycles. The van der Waals surface area contributed by atoms with Crippen LogP contribution < -0.4 is 5.32 Å². The average Bonchev–Trinajstić information content (AvgIpc) is 3.33. The van der Waals surface area contributed by atoms with E-state index in [4.69, 9.17) is 5.26 Å². The number of anilines is 1. The van der Waals surface area contributed by atoms with E-state index in [0.717, 1.165) is 21.3 Å². The minimum Gasteiger partial charge on any atom is -0.309 e. The van der Waals surface area contributed by atoms with Gasteiger partial charge in [-0.1, -0.05) is 23.9 Å². The van der Waals surface area contributed by atoms with Gasteiger partial charge < -0.3 is 5.32 Å². The van der Waals surface area contributed by atoms with Gasteiger partial charge in [0.2, 0.25) is 5.91 Å². The average molecular weight is 439 g/mol. The first-order valence-corrected chi connectivity index (χ1v) is 10.6. The van der Waals surface area contributed by atoms with Gasteiger partial charge in [0, 0.05) is 18.0 Å². The Bertz CT molecular complexity index is 1270. The highest BCUT2D eigenvalue weighted by Crippen LogP contribution is 2.39. The van der Waals surface area contributed by atoms with Crippen LogP contribution in [0.5, 0.6) is 0 Å². The number of nitrogens with zero attached hydrogens (tertiary/aromatic N) is 5. The predicted octanol–water partition coefficient (Wildman–Crippen LogP) is 4.22. The van der Waals surface area contributed by atoms with Crippen LogP contribution in [0.1, 0.15) is 12.5 Å². The smallest absolute Gasteiger partial charge is 0.238 e. The molecule has 10 heteroatoms. The van der Waals surface area contributed by atoms with E-state index in [9.17, 15) is 9.18 Å². The van der Waals surface area contributed by atoms with Crippen molar-refractivity contribution in [3.63, 3.8) is 0 Å². The first-order chi connectivity index (χ1) is 14.5. The Hall–Kier alpha value is -3.29. The van der Waals surface area contributed by atoms with E-state index in [1.807, 2.05) is 11.4 Å². The van der Waals surface area contributed by atoms with Crippen molar-refractivity contribution in [2.45, 2.75) is 17.2 Å². The fourth-order valence-corrected chi connectivity index (χ4v) is 4.80. The number of aryl methyl sites for hydroxylation is 1. The van der Waals surface area contributed by atoms with Crippen LogP contribution in [0.25, 0.3) is 21.3 Å². The van der Waals surface area contributed by atoms with Crippen LogP contribution in [0.2, 0.25) is 0 Å². The number of hydrogen-bond acceptors (Lipinski definition) is 7. The number of fused-ring (bicyclic) bond motifs is 1. The van der Waals surface area contributed by atoms with Gasteiger partial charge in [-0.15, -0.1) is 11.3 Å². The Labute approximate surface area is 179 Å². The van der Waals surface area contributed by atoms with Gasteiger partial charge >= 0.3 is 0 Å². The van der Waals surface area contributed by atoms with Crippen LogP contribution in [0, 0.1) is 17.1 Å². The molecule has 4 aromatic rings. The standard InChI is InChI=1S/C20H15FN6OS2/c1-11(18(28)26-17-13(7-22)8-25-27(17)2)30-20-16-15(9-29-19(16)23-10-24-20)12-3-5-14(21)6-4-12/h3-6,8-11H,1-2H3,(H,26,28). The molecule has 1 N–H and O–H groups in total. The number of benzene rings is 1. The third kappa shape index (κ3) is 3.77. The minimum atomic E-state index is -0.495. The number of rotatable bonds is 5. The molecule has 3 aromatic heterocycles. The van der Waals surface area contributed by atoms with Crippen LogP contribution in [-0.2, 0) is 11.8 Å². The molecule has 3 heterocycles. The number of carbonyl (C=O) groups is 1. The highest BCUT2D eigenvalue weighted by molar-refractivity contribution is 8.00. The van der Waals surface area contributed by atoms with E-state index < -0.39 is 5.25 Å². The maximum Gasteiger partial charge on any atom is 0.238 e. The number of amides is 1. The summed E-state index contributed by atoms with van der Waals surface area (Å²) in [6.45, 7) is 1.76. The van der Waals surface area contributed by atoms with Crippen LogP contribution in [0.4, 0.5) is 10.2 Å². The summed E-state index contributed by atoms with van der Waals surface area (Å²) in [5.74, 6) is -0.225. The van der Waals surface area contributed by atoms with Gasteiger partial charge in [-0.3, -0.25) is 9.48 Å². The Morgan fingerprint density at radius 1 is 1.33 bits per heavy atom. The van der Waals surface area contributed by atoms with Crippen molar-refractivity contribution in [2.24, 2.45) is 7.05 Å². The molecule has 0 aliphatic heterocycles. The molecule has 7 nitrogen and oxygen atoms in total. The van der Waals surface area contributed by atoms with Crippen molar-refractivity contribution in [1.82, 2.24) is 19.7 Å². The first kappa shape index (κ1) is 20.0. The van der Waals surface area contributed by atoms with Crippen molar-refractivity contribution in [3.05, 3.63) is 53.6 Å². The highest BCUT2D eigenvalue weighted by atomic mass is 32.2. The van der Waals surface area contributed by atoms with E-state index in [1.165, 1.54) is 52.4 Å². The molecule has 0 radical (unpaired) electrons. The molecule has 1 unspecified atom stereocenters. The largest absolute Gasteiger partial charge is 0.309 e. The Kier molecular flexibility index (Phi) is 5.48. The van der Waals surface area contributed by atoms with Crippen molar-refractivity contribution in [2.75, 3.05) is 5.32 Å². The molecule has 0 bridgehead atoms. The van der Waals surface area contributed by atoms with E-state index in [2.05, 4.69) is 20.4 Å². The SMILES string of the molecule is CC(Sc1ncnc2scc(-c3ccc(F)cc3)c12)C(=O)Nc1c(C#N)cnn1C. The molecule has 0 saturated heterocycles. The lowest BCUT2D eigenvalue weighted by atomic mass is 10.1. The lowest BCUT2D eigenvalue weighted by Crippen LogP contribution is -2.24. The summed E-state index contributed by atoms with van der Waals surface area (Å²) < 4.78 is 14.8. The maximum atomic E-state index is 13.3. The van der Waals surface area contributed by atoms with Gasteiger partial charge in [0.15, 0.2) is 0 Å². The molecule has 1 aromatic carbocycles. The molecule has 30 heavy (non-hydrogen) atoms. The Morgan fingerprint density at radius 2 is 2.10 bits per heavy atom. The van der Waals surface area contributed by atoms with Gasteiger partial charge in [-0.05, 0) is 24.6 Å². The topological polar surface area (TPSA) is 96.5 Å². The zero-order chi connectivity index (χ0) is 21.3. The number of carbonyl (C=O) groups excluding carboxylic acids is 1. The zero-order valence-electron chi connectivity index (χ0n) is 16.0. The van der Waals surface area contributed by atoms with Gasteiger partial charge in [0.05, 0.1) is 16.8 Å². The summed E-state index contributed by atoms with van der Waals surface area (Å²) in [7, 11) is 1.66. The van der Waals surface area contributed by atoms with Crippen molar-refractivity contribution >= 4 is 45.0 Å². The fraction of sp³-hybridized carbons (Fsp3) is 0.150. The molecule has 1 amide bonds. The van der Waals surface area contributed by atoms with Gasteiger partial charge in [-0.25, -0.2) is 14.4 Å². The predicted molar refractivity (Wildman–Crippen MR) is 115 cm³/mol. The number of aromatic nitrogens is 4. The van der Waals surface area contributed by atoms with E-state index >= 15 is 0 Å². The number of hydrogen-bond donors (Lipinski definition) is 1. The lowest BCUT2D eigenvalue weighted by Gasteiger charge is -2.13. The van der Waals surface area contributed by atoms with E-state index in [-0.39, 0.29) is 11.7 Å². The second kappa shape index (κ2) is 8.22. The molecule has 0 spiro atoms. The van der Waals surface area contributed by atoms with Crippen LogP contribution in [0.15, 0.2) is 47.2 Å². The quantitative estimate of drug-likeness (QED) is 0.370. The molecule has 150 valence electrons. The number of nitriles is 1. The van der Waals surface area contributed by atoms with Crippen molar-refractivity contribution in [3.8, 4) is 17.2 Å². The highest BCUT2D eigenvalue weighted by Gasteiger charge is 2.22. The second-order valence-corrected chi connectivity index (χ2v) is 8.59. The summed E-state index contributed by atoms with van der Waals surface area (Å²) in [4.78, 5) is 22.2. The number of nitrogens with one attached hydrogen (secondary N) is 1. The molecule has 0 aliphatic carbocycles. The molecule has 0 aliphatic rings. The zero-order valence-corrected chi connectivity index (χ0v) is 17.6. The normalized spacial score (nSPS) is 11.9. The van der Waals surface area contributed by atoms with Gasteiger partial charge in [-0.2, -0.15) is 10.4 Å². The van der Waals surface area contributed by atoms with E-state index in [0.29, 0.717) is 16.4 Å². The first-order valence-electron chi connectivity index (χ1n) is 8.85. The molecular weight excluding hydrogens is 423 g/mol. The monoisotopic (exact) mass is 438 g/mol. The summed E-state index contributed by atoms with van der Waals surface area (Å²) in [6, 6.07) is 8.24. The molecule has 1 atom stereocenters. The van der Waals surface area contributed by atoms with Crippen molar-refractivity contribution in [1.29, 1.82) is 5.26 Å². The third-order valence-corrected chi connectivity index (χ3v) is 6.44. The number of halogens is 1. The molecular formula is C20H15FN6OS2. The summed E-state index contributed by atoms with van der Waals surface area (Å²) >= 11 is 2.76. The Balaban J connectivity index is 1.63. The van der Waals surface area contributed by atoms with Gasteiger partial charge in [0.25, 0.3) is 0 Å². The summed E-state index contributed by atoms with van der Waals surface area (Å²) in [5.41, 5.74) is 2.04. The fourth-order valence-electron chi connectivity index (χ4n) is 2.89. The van der Waals surface area contributed by atoms with Crippen LogP contribution in [-0.4, -0.2) is 30.9 Å². The Morgan fingerprint density at radius 3 is 2.83 bits per heavy atom. The van der Waals surface area contributed by atoms with Crippen molar-refractivity contribution < 1.29 is 9.18 Å². The summed E-state index contributed by atoms with van der Waals surface area (Å²) in [6.07, 6.45) is 2.87. The maximum absolute atomic E-state index is 13.3.